The van der Waals surface area contributed by atoms with E-state index in [4.69, 9.17) is 23.2 Å². The van der Waals surface area contributed by atoms with Gasteiger partial charge in [-0.2, -0.15) is 0 Å². The number of alkyl halides is 1. The summed E-state index contributed by atoms with van der Waals surface area (Å²) in [6.07, 6.45) is 0. The van der Waals surface area contributed by atoms with Crippen molar-refractivity contribution in [3.05, 3.63) is 74.5 Å². The fourth-order valence-electron chi connectivity index (χ4n) is 1.75. The van der Waals surface area contributed by atoms with Crippen molar-refractivity contribution in [2.75, 3.05) is 0 Å². The van der Waals surface area contributed by atoms with Gasteiger partial charge in [0, 0.05) is 22.7 Å². The number of halogens is 3. The summed E-state index contributed by atoms with van der Waals surface area (Å²) < 4.78 is 12.8. The Kier molecular flexibility index (Phi) is 4.55. The maximum atomic E-state index is 12.8. The lowest BCUT2D eigenvalue weighted by Gasteiger charge is -2.09. The van der Waals surface area contributed by atoms with Crippen molar-refractivity contribution in [1.82, 2.24) is 0 Å². The highest BCUT2D eigenvalue weighted by atomic mass is 35.5. The van der Waals surface area contributed by atoms with E-state index < -0.39 is 21.9 Å². The maximum absolute atomic E-state index is 12.8. The molecule has 0 aromatic heterocycles. The molecule has 0 bridgehead atoms. The summed E-state index contributed by atoms with van der Waals surface area (Å²) >= 11 is 11.8. The molecule has 2 aromatic rings. The number of non-ortho nitro benzene ring substituents is 1. The lowest BCUT2D eigenvalue weighted by atomic mass is 10.0. The molecule has 0 saturated carbocycles. The fraction of sp³-hybridized carbons (Fsp3) is 0.0714. The van der Waals surface area contributed by atoms with Gasteiger partial charge in [0.15, 0.2) is 5.78 Å². The summed E-state index contributed by atoms with van der Waals surface area (Å²) in [6.45, 7) is 0. The van der Waals surface area contributed by atoms with E-state index in [0.717, 1.165) is 12.1 Å². The van der Waals surface area contributed by atoms with Crippen LogP contribution < -0.4 is 0 Å². The predicted octanol–water partition coefficient (Wildman–Crippen LogP) is 4.55. The first kappa shape index (κ1) is 15.4. The number of carbonyl (C=O) groups excluding carboxylic acids is 1. The summed E-state index contributed by atoms with van der Waals surface area (Å²) in [4.78, 5) is 22.4. The van der Waals surface area contributed by atoms with Gasteiger partial charge in [-0.1, -0.05) is 23.7 Å². The zero-order valence-electron chi connectivity index (χ0n) is 10.4. The topological polar surface area (TPSA) is 60.2 Å². The normalized spacial score (nSPS) is 12.0. The number of carbonyl (C=O) groups is 1. The molecule has 0 saturated heterocycles. The maximum Gasteiger partial charge on any atom is 0.271 e. The van der Waals surface area contributed by atoms with E-state index in [1.165, 1.54) is 30.3 Å². The highest BCUT2D eigenvalue weighted by molar-refractivity contribution is 6.35. The zero-order valence-corrected chi connectivity index (χ0v) is 11.9. The van der Waals surface area contributed by atoms with Crippen LogP contribution in [-0.2, 0) is 0 Å². The number of nitrogens with zero attached hydrogens (tertiary/aromatic N) is 1. The third kappa shape index (κ3) is 3.56. The smallest absolute Gasteiger partial charge is 0.271 e. The van der Waals surface area contributed by atoms with Crippen molar-refractivity contribution in [1.29, 1.82) is 0 Å². The van der Waals surface area contributed by atoms with Crippen molar-refractivity contribution in [3.63, 3.8) is 0 Å². The van der Waals surface area contributed by atoms with E-state index in [2.05, 4.69) is 0 Å². The Labute approximate surface area is 129 Å². The highest BCUT2D eigenvalue weighted by Gasteiger charge is 2.22. The van der Waals surface area contributed by atoms with E-state index >= 15 is 0 Å². The van der Waals surface area contributed by atoms with Gasteiger partial charge in [0.1, 0.15) is 11.2 Å². The molecule has 1 atom stereocenters. The first-order valence-electron chi connectivity index (χ1n) is 5.77. The summed E-state index contributed by atoms with van der Waals surface area (Å²) in [5, 5.41) is 9.75. The lowest BCUT2D eigenvalue weighted by molar-refractivity contribution is -0.384. The van der Waals surface area contributed by atoms with Crippen molar-refractivity contribution >= 4 is 34.7 Å². The summed E-state index contributed by atoms with van der Waals surface area (Å²) in [5.41, 5.74) is 0.123. The molecule has 0 heterocycles. The van der Waals surface area contributed by atoms with Crippen LogP contribution in [0.2, 0.25) is 5.02 Å². The van der Waals surface area contributed by atoms with Crippen LogP contribution in [0.25, 0.3) is 0 Å². The quantitative estimate of drug-likeness (QED) is 0.358. The van der Waals surface area contributed by atoms with Crippen molar-refractivity contribution in [2.45, 2.75) is 5.38 Å². The summed E-state index contributed by atoms with van der Waals surface area (Å²) in [5.74, 6) is -0.998. The first-order chi connectivity index (χ1) is 9.88. The van der Waals surface area contributed by atoms with Crippen molar-refractivity contribution in [2.24, 2.45) is 0 Å². The van der Waals surface area contributed by atoms with E-state index in [9.17, 15) is 19.3 Å². The van der Waals surface area contributed by atoms with E-state index in [1.54, 1.807) is 0 Å². The molecular formula is C14H8Cl2FNO3. The van der Waals surface area contributed by atoms with Crippen LogP contribution in [0.5, 0.6) is 0 Å². The molecule has 0 fully saturated rings. The predicted molar refractivity (Wildman–Crippen MR) is 77.4 cm³/mol. The number of rotatable bonds is 4. The molecule has 7 heteroatoms. The molecule has 0 N–H and O–H groups in total. The number of hydrogen-bond acceptors (Lipinski definition) is 3. The Balaban J connectivity index is 2.35. The number of ketones is 1. The lowest BCUT2D eigenvalue weighted by Crippen LogP contribution is -2.08. The monoisotopic (exact) mass is 327 g/mol. The van der Waals surface area contributed by atoms with Crippen LogP contribution in [-0.4, -0.2) is 10.7 Å². The van der Waals surface area contributed by atoms with Gasteiger partial charge in [-0.05, 0) is 23.8 Å². The van der Waals surface area contributed by atoms with Gasteiger partial charge < -0.3 is 0 Å². The zero-order chi connectivity index (χ0) is 15.6. The molecule has 0 aliphatic carbocycles. The molecule has 2 aromatic carbocycles. The molecule has 0 radical (unpaired) electrons. The Bertz CT molecular complexity index is 704. The average Bonchev–Trinajstić information content (AvgIpc) is 2.45. The van der Waals surface area contributed by atoms with Crippen molar-refractivity contribution < 1.29 is 14.1 Å². The van der Waals surface area contributed by atoms with Gasteiger partial charge in [0.2, 0.25) is 0 Å². The molecule has 108 valence electrons. The van der Waals surface area contributed by atoms with Crippen LogP contribution in [0.1, 0.15) is 21.3 Å². The third-order valence-electron chi connectivity index (χ3n) is 2.77. The number of Topliss-reactive ketones (excluding diaryl/α,β-unsaturated/α-hetero) is 1. The number of hydrogen-bond donors (Lipinski definition) is 0. The Morgan fingerprint density at radius 3 is 2.38 bits per heavy atom. The summed E-state index contributed by atoms with van der Waals surface area (Å²) in [6, 6.07) is 8.66. The number of benzene rings is 2. The van der Waals surface area contributed by atoms with Crippen LogP contribution in [0.15, 0.2) is 42.5 Å². The molecule has 0 aliphatic rings. The second-order valence-electron chi connectivity index (χ2n) is 4.23. The largest absolute Gasteiger partial charge is 0.292 e. The second-order valence-corrected chi connectivity index (χ2v) is 5.11. The summed E-state index contributed by atoms with van der Waals surface area (Å²) in [7, 11) is 0. The van der Waals surface area contributed by atoms with Crippen molar-refractivity contribution in [3.8, 4) is 0 Å². The molecular weight excluding hydrogens is 320 g/mol. The Hall–Kier alpha value is -1.98. The van der Waals surface area contributed by atoms with E-state index in [-0.39, 0.29) is 16.3 Å². The third-order valence-corrected chi connectivity index (χ3v) is 3.44. The van der Waals surface area contributed by atoms with Gasteiger partial charge in [-0.3, -0.25) is 14.9 Å². The van der Waals surface area contributed by atoms with E-state index in [1.807, 2.05) is 0 Å². The fourth-order valence-corrected chi connectivity index (χ4v) is 2.25. The molecule has 2 rings (SSSR count). The SMILES string of the molecule is O=C(c1cc(Cl)cc([N+](=O)[O-])c1)C(Cl)c1ccc(F)cc1. The van der Waals surface area contributed by atoms with Gasteiger partial charge in [-0.15, -0.1) is 11.6 Å². The van der Waals surface area contributed by atoms with Crippen LogP contribution in [0.4, 0.5) is 10.1 Å². The molecule has 21 heavy (non-hydrogen) atoms. The minimum atomic E-state index is -1.08. The van der Waals surface area contributed by atoms with Gasteiger partial charge in [-0.25, -0.2) is 4.39 Å². The Morgan fingerprint density at radius 1 is 1.19 bits per heavy atom. The minimum Gasteiger partial charge on any atom is -0.292 e. The van der Waals surface area contributed by atoms with Gasteiger partial charge in [0.25, 0.3) is 5.69 Å². The molecule has 0 aliphatic heterocycles. The number of nitro benzene ring substituents is 1. The Morgan fingerprint density at radius 2 is 1.81 bits per heavy atom. The average molecular weight is 328 g/mol. The number of nitro groups is 1. The first-order valence-corrected chi connectivity index (χ1v) is 6.58. The van der Waals surface area contributed by atoms with Crippen LogP contribution >= 0.6 is 23.2 Å². The minimum absolute atomic E-state index is 0.0264. The standard InChI is InChI=1S/C14H8Cl2FNO3/c15-10-5-9(6-12(7-10)18(20)21)14(19)13(16)8-1-3-11(17)4-2-8/h1-7,13H. The highest BCUT2D eigenvalue weighted by Crippen LogP contribution is 2.28. The second kappa shape index (κ2) is 6.20. The molecule has 0 spiro atoms. The van der Waals surface area contributed by atoms with Crippen LogP contribution in [0, 0.1) is 15.9 Å². The van der Waals surface area contributed by atoms with Gasteiger partial charge in [0.05, 0.1) is 4.92 Å². The van der Waals surface area contributed by atoms with Crippen LogP contribution in [0.3, 0.4) is 0 Å². The van der Waals surface area contributed by atoms with E-state index in [0.29, 0.717) is 5.56 Å². The van der Waals surface area contributed by atoms with Gasteiger partial charge >= 0.3 is 0 Å². The molecule has 1 unspecified atom stereocenters. The molecule has 0 amide bonds. The molecule has 4 nitrogen and oxygen atoms in total.